The molecule has 1 saturated heterocycles. The van der Waals surface area contributed by atoms with Gasteiger partial charge in [-0.05, 0) is 12.2 Å². The molecule has 0 saturated carbocycles. The van der Waals surface area contributed by atoms with Crippen LogP contribution in [0.15, 0.2) is 24.7 Å². The fourth-order valence-corrected chi connectivity index (χ4v) is 1.37. The van der Waals surface area contributed by atoms with Crippen LogP contribution < -0.4 is 0 Å². The molecule has 0 amide bonds. The molecule has 1 aliphatic rings. The van der Waals surface area contributed by atoms with Crippen molar-refractivity contribution in [3.8, 4) is 0 Å². The summed E-state index contributed by atoms with van der Waals surface area (Å²) in [7, 11) is 0.669. The van der Waals surface area contributed by atoms with Gasteiger partial charge in [-0.1, -0.05) is 0 Å². The van der Waals surface area contributed by atoms with Crippen LogP contribution in [0.4, 0.5) is 0 Å². The second kappa shape index (κ2) is 14.5. The minimum absolute atomic E-state index is 0.104. The van der Waals surface area contributed by atoms with Gasteiger partial charge in [0.2, 0.25) is 0 Å². The van der Waals surface area contributed by atoms with Crippen molar-refractivity contribution in [1.29, 1.82) is 0 Å². The van der Waals surface area contributed by atoms with Gasteiger partial charge >= 0.3 is 7.32 Å². The van der Waals surface area contributed by atoms with Gasteiger partial charge in [0.1, 0.15) is 6.10 Å². The molecule has 0 unspecified atom stereocenters. The Morgan fingerprint density at radius 2 is 1.83 bits per heavy atom. The van der Waals surface area contributed by atoms with E-state index < -0.39 is 7.32 Å². The lowest BCUT2D eigenvalue weighted by molar-refractivity contribution is -0.122. The fourth-order valence-electron chi connectivity index (χ4n) is 1.37. The van der Waals surface area contributed by atoms with E-state index in [4.69, 9.17) is 38.0 Å². The van der Waals surface area contributed by atoms with Crippen LogP contribution in [0.3, 0.4) is 0 Å². The number of rotatable bonds is 15. The van der Waals surface area contributed by atoms with Gasteiger partial charge < -0.3 is 38.0 Å². The molecule has 8 nitrogen and oxygen atoms in total. The Balaban J connectivity index is 2.11. The van der Waals surface area contributed by atoms with Crippen LogP contribution >= 0.6 is 0 Å². The highest BCUT2D eigenvalue weighted by Gasteiger charge is 2.23. The number of ether oxygens (including phenoxy) is 4. The first-order chi connectivity index (χ1) is 11.4. The van der Waals surface area contributed by atoms with Crippen molar-refractivity contribution in [3.63, 3.8) is 0 Å². The van der Waals surface area contributed by atoms with Crippen molar-refractivity contribution >= 4 is 7.32 Å². The van der Waals surface area contributed by atoms with E-state index >= 15 is 0 Å². The SMILES string of the molecule is COCCOC/C=C/OB(O/C=C/COC1COC1)OCCO. The molecule has 1 aliphatic heterocycles. The molecule has 0 spiro atoms. The molecule has 0 aromatic carbocycles. The van der Waals surface area contributed by atoms with Crippen molar-refractivity contribution in [3.05, 3.63) is 24.7 Å². The molecule has 0 radical (unpaired) electrons. The Hall–Kier alpha value is -1.10. The number of aliphatic hydroxyl groups is 1. The van der Waals surface area contributed by atoms with Gasteiger partial charge in [-0.15, -0.1) is 0 Å². The van der Waals surface area contributed by atoms with E-state index in [2.05, 4.69) is 0 Å². The summed E-state index contributed by atoms with van der Waals surface area (Å²) in [6.45, 7) is 3.12. The summed E-state index contributed by atoms with van der Waals surface area (Å²) in [5.41, 5.74) is 0. The molecule has 9 heteroatoms. The predicted molar refractivity (Wildman–Crippen MR) is 82.5 cm³/mol. The van der Waals surface area contributed by atoms with E-state index in [9.17, 15) is 0 Å². The zero-order chi connectivity index (χ0) is 16.6. The summed E-state index contributed by atoms with van der Waals surface area (Å²) >= 11 is 0. The first-order valence-electron chi connectivity index (χ1n) is 7.46. The second-order valence-electron chi connectivity index (χ2n) is 4.46. The van der Waals surface area contributed by atoms with Gasteiger partial charge in [-0.25, -0.2) is 0 Å². The average Bonchev–Trinajstić information content (AvgIpc) is 2.52. The van der Waals surface area contributed by atoms with Crippen LogP contribution in [-0.2, 0) is 32.9 Å². The third-order valence-corrected chi connectivity index (χ3v) is 2.60. The minimum Gasteiger partial charge on any atom is -0.508 e. The van der Waals surface area contributed by atoms with E-state index in [1.54, 1.807) is 19.3 Å². The summed E-state index contributed by atoms with van der Waals surface area (Å²) in [6.07, 6.45) is 6.40. The van der Waals surface area contributed by atoms with Gasteiger partial charge in [-0.3, -0.25) is 0 Å². The fraction of sp³-hybridized carbons (Fsp3) is 0.714. The lowest BCUT2D eigenvalue weighted by atomic mass is 10.2. The molecular weight excluding hydrogens is 307 g/mol. The highest BCUT2D eigenvalue weighted by atomic mass is 16.7. The van der Waals surface area contributed by atoms with E-state index in [1.165, 1.54) is 12.5 Å². The molecule has 132 valence electrons. The second-order valence-corrected chi connectivity index (χ2v) is 4.46. The van der Waals surface area contributed by atoms with Crippen molar-refractivity contribution in [2.45, 2.75) is 6.10 Å². The zero-order valence-electron chi connectivity index (χ0n) is 13.4. The third-order valence-electron chi connectivity index (χ3n) is 2.60. The number of aliphatic hydroxyl groups excluding tert-OH is 1. The zero-order valence-corrected chi connectivity index (χ0v) is 13.4. The molecule has 1 N–H and O–H groups in total. The maximum Gasteiger partial charge on any atom is 0.787 e. The van der Waals surface area contributed by atoms with Crippen LogP contribution in [0.5, 0.6) is 0 Å². The molecule has 0 aliphatic carbocycles. The van der Waals surface area contributed by atoms with Crippen LogP contribution in [0, 0.1) is 0 Å². The number of hydrogen-bond donors (Lipinski definition) is 1. The van der Waals surface area contributed by atoms with Crippen molar-refractivity contribution < 1.29 is 38.0 Å². The Bertz CT molecular complexity index is 322. The first kappa shape index (κ1) is 20.0. The van der Waals surface area contributed by atoms with Crippen molar-refractivity contribution in [2.24, 2.45) is 0 Å². The normalized spacial score (nSPS) is 15.2. The van der Waals surface area contributed by atoms with E-state index in [-0.39, 0.29) is 19.3 Å². The molecular formula is C14H25BO8. The average molecular weight is 332 g/mol. The van der Waals surface area contributed by atoms with E-state index in [0.29, 0.717) is 39.6 Å². The summed E-state index contributed by atoms with van der Waals surface area (Å²) in [5, 5.41) is 8.78. The molecule has 0 aromatic rings. The third kappa shape index (κ3) is 11.1. The maximum atomic E-state index is 8.78. The topological polar surface area (TPSA) is 84.8 Å². The predicted octanol–water partition coefficient (Wildman–Crippen LogP) is 0.119. The first-order valence-corrected chi connectivity index (χ1v) is 7.46. The van der Waals surface area contributed by atoms with Crippen LogP contribution in [-0.4, -0.2) is 78.5 Å². The highest BCUT2D eigenvalue weighted by Crippen LogP contribution is 2.04. The number of methoxy groups -OCH3 is 1. The van der Waals surface area contributed by atoms with Crippen molar-refractivity contribution in [1.82, 2.24) is 0 Å². The molecule has 0 atom stereocenters. The molecule has 1 fully saturated rings. The Labute approximate surface area is 137 Å². The largest absolute Gasteiger partial charge is 0.787 e. The lowest BCUT2D eigenvalue weighted by Gasteiger charge is -2.25. The molecule has 23 heavy (non-hydrogen) atoms. The van der Waals surface area contributed by atoms with E-state index in [0.717, 1.165) is 0 Å². The smallest absolute Gasteiger partial charge is 0.508 e. The standard InChI is InChI=1S/C14H25BO8/c1-17-10-11-18-5-2-7-21-15(23-9-4-16)22-8-3-6-20-14-12-19-13-14/h2-3,7-8,14,16H,4-6,9-13H2,1H3/b7-2+,8-3+. The summed E-state index contributed by atoms with van der Waals surface area (Å²) in [4.78, 5) is 0. The summed E-state index contributed by atoms with van der Waals surface area (Å²) in [5.74, 6) is 0. The molecule has 0 bridgehead atoms. The quantitative estimate of drug-likeness (QED) is 0.257. The van der Waals surface area contributed by atoms with Crippen molar-refractivity contribution in [2.75, 3.05) is 60.0 Å². The van der Waals surface area contributed by atoms with Crippen LogP contribution in [0.1, 0.15) is 0 Å². The van der Waals surface area contributed by atoms with E-state index in [1.807, 2.05) is 0 Å². The molecule has 1 heterocycles. The summed E-state index contributed by atoms with van der Waals surface area (Å²) < 4.78 is 36.2. The number of hydrogen-bond acceptors (Lipinski definition) is 8. The maximum absolute atomic E-state index is 8.78. The Morgan fingerprint density at radius 1 is 1.09 bits per heavy atom. The summed E-state index contributed by atoms with van der Waals surface area (Å²) in [6, 6.07) is 0. The van der Waals surface area contributed by atoms with Crippen LogP contribution in [0.2, 0.25) is 0 Å². The lowest BCUT2D eigenvalue weighted by Crippen LogP contribution is -2.36. The minimum atomic E-state index is -0.944. The van der Waals surface area contributed by atoms with Gasteiger partial charge in [0, 0.05) is 7.11 Å². The van der Waals surface area contributed by atoms with Gasteiger partial charge in [-0.2, -0.15) is 0 Å². The highest BCUT2D eigenvalue weighted by molar-refractivity contribution is 6.36. The van der Waals surface area contributed by atoms with Crippen LogP contribution in [0.25, 0.3) is 0 Å². The van der Waals surface area contributed by atoms with Gasteiger partial charge in [0.05, 0.1) is 65.4 Å². The molecule has 0 aromatic heterocycles. The molecule has 1 rings (SSSR count). The van der Waals surface area contributed by atoms with Gasteiger partial charge in [0.25, 0.3) is 0 Å². The monoisotopic (exact) mass is 332 g/mol. The Morgan fingerprint density at radius 3 is 2.43 bits per heavy atom. The Kier molecular flexibility index (Phi) is 12.6. The van der Waals surface area contributed by atoms with Gasteiger partial charge in [0.15, 0.2) is 0 Å².